The average molecular weight is 386 g/mol. The monoisotopic (exact) mass is 385 g/mol. The van der Waals surface area contributed by atoms with Gasteiger partial charge in [-0.05, 0) is 43.8 Å². The predicted molar refractivity (Wildman–Crippen MR) is 113 cm³/mol. The highest BCUT2D eigenvalue weighted by molar-refractivity contribution is 5.90. The molecule has 0 aromatic carbocycles. The van der Waals surface area contributed by atoms with Crippen molar-refractivity contribution in [1.29, 1.82) is 0 Å². The van der Waals surface area contributed by atoms with E-state index in [4.69, 9.17) is 10.5 Å². The third kappa shape index (κ3) is 6.74. The van der Waals surface area contributed by atoms with Gasteiger partial charge in [0, 0.05) is 44.4 Å². The number of amides is 1. The number of hydrogen-bond donors (Lipinski definition) is 3. The van der Waals surface area contributed by atoms with Crippen LogP contribution in [0, 0.1) is 0 Å². The molecule has 7 nitrogen and oxygen atoms in total. The van der Waals surface area contributed by atoms with Gasteiger partial charge < -0.3 is 26.0 Å². The third-order valence-electron chi connectivity index (χ3n) is 4.43. The number of anilines is 1. The molecule has 0 spiro atoms. The number of nitrogens with two attached hydrogens (primary N) is 1. The van der Waals surface area contributed by atoms with Crippen molar-refractivity contribution in [2.45, 2.75) is 33.1 Å². The molecule has 1 heterocycles. The lowest BCUT2D eigenvalue weighted by molar-refractivity contribution is -0.116. The highest BCUT2D eigenvalue weighted by Crippen LogP contribution is 2.20. The minimum Gasteiger partial charge on any atom is -0.458 e. The molecule has 2 rings (SSSR count). The molecule has 0 saturated heterocycles. The summed E-state index contributed by atoms with van der Waals surface area (Å²) in [5, 5.41) is 5.90. The number of nitrogens with zero attached hydrogens (tertiary/aromatic N) is 2. The van der Waals surface area contributed by atoms with Crippen molar-refractivity contribution < 1.29 is 9.53 Å². The quantitative estimate of drug-likeness (QED) is 0.574. The van der Waals surface area contributed by atoms with Crippen molar-refractivity contribution in [2.75, 3.05) is 32.0 Å². The van der Waals surface area contributed by atoms with Crippen molar-refractivity contribution in [3.63, 3.8) is 0 Å². The van der Waals surface area contributed by atoms with Crippen LogP contribution in [0.4, 0.5) is 5.82 Å². The van der Waals surface area contributed by atoms with Gasteiger partial charge in [-0.25, -0.2) is 4.98 Å². The van der Waals surface area contributed by atoms with Crippen LogP contribution in [0.5, 0.6) is 5.75 Å². The first kappa shape index (κ1) is 21.5. The van der Waals surface area contributed by atoms with Crippen LogP contribution in [-0.4, -0.2) is 42.5 Å². The Labute approximate surface area is 167 Å². The molecule has 0 unspecified atom stereocenters. The van der Waals surface area contributed by atoms with Crippen LogP contribution < -0.4 is 21.1 Å². The summed E-state index contributed by atoms with van der Waals surface area (Å²) >= 11 is 0. The summed E-state index contributed by atoms with van der Waals surface area (Å²) in [4.78, 5) is 18.7. The smallest absolute Gasteiger partial charge is 0.226 e. The molecule has 1 aromatic rings. The lowest BCUT2D eigenvalue weighted by atomic mass is 10.2. The number of ether oxygens (including phenoxy) is 1. The van der Waals surface area contributed by atoms with Crippen LogP contribution in [0.15, 0.2) is 53.7 Å². The number of nitrogens with one attached hydrogen (secondary N) is 2. The van der Waals surface area contributed by atoms with E-state index < -0.39 is 0 Å². The fraction of sp³-hybridized carbons (Fsp3) is 0.429. The van der Waals surface area contributed by atoms with E-state index in [-0.39, 0.29) is 5.91 Å². The minimum absolute atomic E-state index is 0.0524. The van der Waals surface area contributed by atoms with Crippen molar-refractivity contribution in [3.8, 4) is 5.75 Å². The normalized spacial score (nSPS) is 13.9. The topological polar surface area (TPSA) is 92.5 Å². The van der Waals surface area contributed by atoms with Gasteiger partial charge in [0.05, 0.1) is 5.70 Å². The van der Waals surface area contributed by atoms with Crippen LogP contribution in [0.1, 0.15) is 33.1 Å². The Morgan fingerprint density at radius 1 is 1.32 bits per heavy atom. The van der Waals surface area contributed by atoms with Gasteiger partial charge in [-0.2, -0.15) is 0 Å². The Morgan fingerprint density at radius 3 is 2.86 bits per heavy atom. The molecule has 7 heteroatoms. The van der Waals surface area contributed by atoms with E-state index in [0.29, 0.717) is 30.2 Å². The van der Waals surface area contributed by atoms with Gasteiger partial charge in [-0.15, -0.1) is 0 Å². The summed E-state index contributed by atoms with van der Waals surface area (Å²) in [6, 6.07) is 3.47. The summed E-state index contributed by atoms with van der Waals surface area (Å²) < 4.78 is 5.91. The maximum Gasteiger partial charge on any atom is 0.226 e. The van der Waals surface area contributed by atoms with Gasteiger partial charge in [0.2, 0.25) is 5.91 Å². The molecule has 4 N–H and O–H groups in total. The Hall–Kier alpha value is -2.80. The maximum atomic E-state index is 12.2. The summed E-state index contributed by atoms with van der Waals surface area (Å²) in [6.07, 6.45) is 9.39. The number of rotatable bonds is 10. The van der Waals surface area contributed by atoms with E-state index in [1.165, 1.54) is 0 Å². The number of pyridine rings is 1. The van der Waals surface area contributed by atoms with Crippen molar-refractivity contribution in [3.05, 3.63) is 53.7 Å². The molecule has 152 valence electrons. The van der Waals surface area contributed by atoms with Crippen LogP contribution in [0.2, 0.25) is 0 Å². The largest absolute Gasteiger partial charge is 0.458 e. The number of carbonyl (C=O) groups excluding carboxylic acids is 1. The molecule has 0 aliphatic heterocycles. The van der Waals surface area contributed by atoms with Crippen molar-refractivity contribution >= 4 is 11.7 Å². The summed E-state index contributed by atoms with van der Waals surface area (Å²) in [5.41, 5.74) is 7.64. The number of hydrogen-bond acceptors (Lipinski definition) is 6. The fourth-order valence-electron chi connectivity index (χ4n) is 2.87. The number of likely N-dealkylation sites (N-methyl/N-ethyl adjacent to an activating group) is 1. The molecule has 1 aliphatic rings. The molecule has 28 heavy (non-hydrogen) atoms. The second-order valence-corrected chi connectivity index (χ2v) is 6.54. The van der Waals surface area contributed by atoms with Crippen molar-refractivity contribution in [1.82, 2.24) is 15.2 Å². The molecule has 1 aliphatic carbocycles. The summed E-state index contributed by atoms with van der Waals surface area (Å²) in [7, 11) is 1.83. The first-order chi connectivity index (χ1) is 13.5. The Bertz CT molecular complexity index is 755. The van der Waals surface area contributed by atoms with Gasteiger partial charge in [0.15, 0.2) is 0 Å². The van der Waals surface area contributed by atoms with E-state index in [0.717, 1.165) is 37.4 Å². The highest BCUT2D eigenvalue weighted by atomic mass is 16.5. The highest BCUT2D eigenvalue weighted by Gasteiger charge is 2.09. The SMILES string of the molecule is CCCN(CC)CCC(=O)Nc1cc(OC2=CCC(N)=C(NC)C=C2)ccn1. The van der Waals surface area contributed by atoms with E-state index in [9.17, 15) is 4.79 Å². The van der Waals surface area contributed by atoms with Gasteiger partial charge in [0.25, 0.3) is 0 Å². The van der Waals surface area contributed by atoms with Crippen LogP contribution >= 0.6 is 0 Å². The zero-order chi connectivity index (χ0) is 20.4. The lowest BCUT2D eigenvalue weighted by Gasteiger charge is -2.18. The van der Waals surface area contributed by atoms with Crippen LogP contribution in [0.3, 0.4) is 0 Å². The van der Waals surface area contributed by atoms with Gasteiger partial charge in [-0.3, -0.25) is 4.79 Å². The van der Waals surface area contributed by atoms with E-state index in [1.807, 2.05) is 25.3 Å². The average Bonchev–Trinajstić information content (AvgIpc) is 2.86. The minimum atomic E-state index is -0.0524. The van der Waals surface area contributed by atoms with Gasteiger partial charge >= 0.3 is 0 Å². The fourth-order valence-corrected chi connectivity index (χ4v) is 2.87. The van der Waals surface area contributed by atoms with Crippen LogP contribution in [-0.2, 0) is 4.79 Å². The first-order valence-corrected chi connectivity index (χ1v) is 9.76. The maximum absolute atomic E-state index is 12.2. The number of allylic oxidation sites excluding steroid dienone is 3. The zero-order valence-electron chi connectivity index (χ0n) is 17.0. The lowest BCUT2D eigenvalue weighted by Crippen LogP contribution is -2.28. The second kappa shape index (κ2) is 11.1. The van der Waals surface area contributed by atoms with E-state index >= 15 is 0 Å². The van der Waals surface area contributed by atoms with E-state index in [2.05, 4.69) is 34.4 Å². The molecule has 0 atom stereocenters. The Kier molecular flexibility index (Phi) is 8.55. The van der Waals surface area contributed by atoms with Gasteiger partial charge in [-0.1, -0.05) is 13.8 Å². The van der Waals surface area contributed by atoms with Gasteiger partial charge in [0.1, 0.15) is 17.3 Å². The Balaban J connectivity index is 1.93. The summed E-state index contributed by atoms with van der Waals surface area (Å²) in [6.45, 7) is 6.94. The van der Waals surface area contributed by atoms with E-state index in [1.54, 1.807) is 18.3 Å². The van der Waals surface area contributed by atoms with Crippen LogP contribution in [0.25, 0.3) is 0 Å². The molecular formula is C21H31N5O2. The molecule has 1 amide bonds. The Morgan fingerprint density at radius 2 is 2.14 bits per heavy atom. The predicted octanol–water partition coefficient (Wildman–Crippen LogP) is 2.75. The molecule has 0 radical (unpaired) electrons. The third-order valence-corrected chi connectivity index (χ3v) is 4.43. The number of carbonyl (C=O) groups is 1. The number of aromatic nitrogens is 1. The molecule has 0 fully saturated rings. The second-order valence-electron chi connectivity index (χ2n) is 6.54. The molecule has 1 aromatic heterocycles. The molecular weight excluding hydrogens is 354 g/mol. The van der Waals surface area contributed by atoms with Crippen molar-refractivity contribution in [2.24, 2.45) is 5.73 Å². The first-order valence-electron chi connectivity index (χ1n) is 9.76. The zero-order valence-corrected chi connectivity index (χ0v) is 17.0. The summed E-state index contributed by atoms with van der Waals surface area (Å²) in [5.74, 6) is 1.72. The molecule has 0 bridgehead atoms. The molecule has 0 saturated carbocycles. The standard InChI is InChI=1S/C21H31N5O2/c1-4-13-26(5-2)14-11-21(27)25-20-15-17(10-12-24-20)28-16-6-8-18(22)19(23-3)9-7-16/h6-7,9-10,12,15,23H,4-5,8,11,13-14,22H2,1-3H3,(H,24,25,27).